The van der Waals surface area contributed by atoms with Gasteiger partial charge in [-0.3, -0.25) is 0 Å². The average Bonchev–Trinajstić information content (AvgIpc) is 2.77. The molecule has 2 aromatic rings. The van der Waals surface area contributed by atoms with E-state index >= 15 is 0 Å². The number of pyridine rings is 1. The van der Waals surface area contributed by atoms with Gasteiger partial charge in [-0.05, 0) is 24.5 Å². The van der Waals surface area contributed by atoms with E-state index < -0.39 is 0 Å². The number of nitrogens with zero attached hydrogens (tertiary/aromatic N) is 3. The summed E-state index contributed by atoms with van der Waals surface area (Å²) in [7, 11) is 0. The smallest absolute Gasteiger partial charge is 0.153 e. The summed E-state index contributed by atoms with van der Waals surface area (Å²) in [5.74, 6) is 0.755. The molecule has 0 radical (unpaired) electrons. The van der Waals surface area contributed by atoms with Crippen molar-refractivity contribution in [3.8, 4) is 5.82 Å². The Labute approximate surface area is 105 Å². The molecule has 2 rings (SSSR count). The molecule has 0 amide bonds. The van der Waals surface area contributed by atoms with E-state index in [-0.39, 0.29) is 6.04 Å². The molecule has 5 heteroatoms. The second kappa shape index (κ2) is 5.29. The van der Waals surface area contributed by atoms with Gasteiger partial charge in [0.15, 0.2) is 5.82 Å². The van der Waals surface area contributed by atoms with Crippen LogP contribution in [0.5, 0.6) is 0 Å². The molecule has 4 nitrogen and oxygen atoms in total. The van der Waals surface area contributed by atoms with Crippen molar-refractivity contribution in [1.82, 2.24) is 14.8 Å². The first-order chi connectivity index (χ1) is 8.19. The first-order valence-corrected chi connectivity index (χ1v) is 5.98. The predicted octanol–water partition coefficient (Wildman–Crippen LogP) is 2.20. The summed E-state index contributed by atoms with van der Waals surface area (Å²) >= 11 is 5.80. The second-order valence-corrected chi connectivity index (χ2v) is 4.44. The van der Waals surface area contributed by atoms with Crippen LogP contribution in [0.2, 0.25) is 5.02 Å². The number of halogens is 1. The molecule has 0 bridgehead atoms. The van der Waals surface area contributed by atoms with Crippen LogP contribution >= 0.6 is 11.6 Å². The van der Waals surface area contributed by atoms with Gasteiger partial charge in [-0.2, -0.15) is 5.10 Å². The zero-order valence-electron chi connectivity index (χ0n) is 9.68. The molecule has 2 aromatic heterocycles. The number of nitrogens with two attached hydrogens (primary N) is 1. The van der Waals surface area contributed by atoms with Crippen LogP contribution in [-0.2, 0) is 6.42 Å². The molecule has 1 unspecified atom stereocenters. The maximum Gasteiger partial charge on any atom is 0.153 e. The van der Waals surface area contributed by atoms with E-state index in [9.17, 15) is 0 Å². The van der Waals surface area contributed by atoms with Crippen molar-refractivity contribution in [3.05, 3.63) is 41.3 Å². The molecule has 0 aromatic carbocycles. The summed E-state index contributed by atoms with van der Waals surface area (Å²) in [6.07, 6.45) is 6.96. The van der Waals surface area contributed by atoms with Crippen LogP contribution in [0.3, 0.4) is 0 Å². The highest BCUT2D eigenvalue weighted by molar-refractivity contribution is 6.30. The highest BCUT2D eigenvalue weighted by Gasteiger charge is 2.04. The average molecular weight is 251 g/mol. The van der Waals surface area contributed by atoms with Crippen LogP contribution in [0, 0.1) is 0 Å². The van der Waals surface area contributed by atoms with Gasteiger partial charge >= 0.3 is 0 Å². The van der Waals surface area contributed by atoms with E-state index in [1.807, 2.05) is 18.3 Å². The monoisotopic (exact) mass is 250 g/mol. The minimum Gasteiger partial charge on any atom is -0.327 e. The molecular weight excluding hydrogens is 236 g/mol. The lowest BCUT2D eigenvalue weighted by Gasteiger charge is -2.08. The molecule has 1 atom stereocenters. The number of aromatic nitrogens is 3. The Morgan fingerprint density at radius 1 is 1.41 bits per heavy atom. The summed E-state index contributed by atoms with van der Waals surface area (Å²) in [5, 5.41) is 4.69. The van der Waals surface area contributed by atoms with Crippen molar-refractivity contribution >= 4 is 11.6 Å². The number of hydrogen-bond donors (Lipinski definition) is 1. The van der Waals surface area contributed by atoms with E-state index in [1.54, 1.807) is 17.1 Å². The van der Waals surface area contributed by atoms with Crippen molar-refractivity contribution in [2.75, 3.05) is 0 Å². The lowest BCUT2D eigenvalue weighted by atomic mass is 10.1. The minimum absolute atomic E-state index is 0.196. The molecular formula is C12H15ClN4. The van der Waals surface area contributed by atoms with Crippen molar-refractivity contribution in [2.24, 2.45) is 5.73 Å². The van der Waals surface area contributed by atoms with Gasteiger partial charge in [0.2, 0.25) is 0 Å². The Hall–Kier alpha value is -1.39. The fraction of sp³-hybridized carbons (Fsp3) is 0.333. The maximum atomic E-state index is 5.89. The lowest BCUT2D eigenvalue weighted by molar-refractivity contribution is 0.644. The van der Waals surface area contributed by atoms with Crippen LogP contribution < -0.4 is 5.73 Å². The first kappa shape index (κ1) is 12.1. The molecule has 0 saturated heterocycles. The normalized spacial score (nSPS) is 12.6. The van der Waals surface area contributed by atoms with E-state index in [1.165, 1.54) is 0 Å². The summed E-state index contributed by atoms with van der Waals surface area (Å²) < 4.78 is 1.64. The number of rotatable bonds is 4. The van der Waals surface area contributed by atoms with Crippen LogP contribution in [0.15, 0.2) is 30.7 Å². The van der Waals surface area contributed by atoms with E-state index in [0.717, 1.165) is 24.2 Å². The van der Waals surface area contributed by atoms with Gasteiger partial charge in [0.05, 0.1) is 17.4 Å². The molecule has 90 valence electrons. The molecule has 0 spiro atoms. The van der Waals surface area contributed by atoms with Crippen molar-refractivity contribution in [3.63, 3.8) is 0 Å². The molecule has 2 heterocycles. The topological polar surface area (TPSA) is 56.7 Å². The lowest BCUT2D eigenvalue weighted by Crippen LogP contribution is -2.21. The van der Waals surface area contributed by atoms with Gasteiger partial charge in [0.1, 0.15) is 0 Å². The van der Waals surface area contributed by atoms with E-state index in [0.29, 0.717) is 5.02 Å². The van der Waals surface area contributed by atoms with Gasteiger partial charge in [-0.15, -0.1) is 0 Å². The highest BCUT2D eigenvalue weighted by Crippen LogP contribution is 2.11. The molecule has 17 heavy (non-hydrogen) atoms. The summed E-state index contributed by atoms with van der Waals surface area (Å²) in [4.78, 5) is 4.34. The summed E-state index contributed by atoms with van der Waals surface area (Å²) in [6, 6.07) is 4.14. The Balaban J connectivity index is 2.13. The zero-order chi connectivity index (χ0) is 12.3. The molecule has 0 aliphatic carbocycles. The quantitative estimate of drug-likeness (QED) is 0.905. The van der Waals surface area contributed by atoms with Gasteiger partial charge in [0, 0.05) is 12.2 Å². The predicted molar refractivity (Wildman–Crippen MR) is 68.3 cm³/mol. The van der Waals surface area contributed by atoms with Gasteiger partial charge in [-0.1, -0.05) is 24.6 Å². The minimum atomic E-state index is 0.196. The van der Waals surface area contributed by atoms with Gasteiger partial charge in [0.25, 0.3) is 0 Å². The Morgan fingerprint density at radius 3 is 2.76 bits per heavy atom. The fourth-order valence-electron chi connectivity index (χ4n) is 1.55. The Bertz CT molecular complexity index is 478. The number of hydrogen-bond acceptors (Lipinski definition) is 3. The highest BCUT2D eigenvalue weighted by atomic mass is 35.5. The van der Waals surface area contributed by atoms with Gasteiger partial charge < -0.3 is 5.73 Å². The Kier molecular flexibility index (Phi) is 3.76. The van der Waals surface area contributed by atoms with Crippen LogP contribution in [-0.4, -0.2) is 20.8 Å². The second-order valence-electron chi connectivity index (χ2n) is 4.00. The first-order valence-electron chi connectivity index (χ1n) is 5.60. The largest absolute Gasteiger partial charge is 0.327 e. The third-order valence-corrected chi connectivity index (χ3v) is 2.81. The SMILES string of the molecule is CCC(N)Cc1ccc(-n2cc(Cl)cn2)nc1. The summed E-state index contributed by atoms with van der Waals surface area (Å²) in [5.41, 5.74) is 7.03. The standard InChI is InChI=1S/C12H15ClN4/c1-2-11(14)5-9-3-4-12(15-6-9)17-8-10(13)7-16-17/h3-4,6-8,11H,2,5,14H2,1H3. The Morgan fingerprint density at radius 2 is 2.24 bits per heavy atom. The van der Waals surface area contributed by atoms with E-state index in [2.05, 4.69) is 17.0 Å². The summed E-state index contributed by atoms with van der Waals surface area (Å²) in [6.45, 7) is 2.08. The third-order valence-electron chi connectivity index (χ3n) is 2.62. The van der Waals surface area contributed by atoms with E-state index in [4.69, 9.17) is 17.3 Å². The molecule has 2 N–H and O–H groups in total. The molecule has 0 saturated carbocycles. The maximum absolute atomic E-state index is 5.89. The molecule has 0 aliphatic heterocycles. The van der Waals surface area contributed by atoms with Crippen LogP contribution in [0.4, 0.5) is 0 Å². The third kappa shape index (κ3) is 3.05. The van der Waals surface area contributed by atoms with Crippen LogP contribution in [0.1, 0.15) is 18.9 Å². The van der Waals surface area contributed by atoms with Crippen molar-refractivity contribution in [1.29, 1.82) is 0 Å². The van der Waals surface area contributed by atoms with Gasteiger partial charge in [-0.25, -0.2) is 9.67 Å². The fourth-order valence-corrected chi connectivity index (χ4v) is 1.68. The molecule has 0 aliphatic rings. The van der Waals surface area contributed by atoms with Crippen LogP contribution in [0.25, 0.3) is 5.82 Å². The van der Waals surface area contributed by atoms with Crippen molar-refractivity contribution in [2.45, 2.75) is 25.8 Å². The zero-order valence-corrected chi connectivity index (χ0v) is 10.4. The van der Waals surface area contributed by atoms with Crippen molar-refractivity contribution < 1.29 is 0 Å². The molecule has 0 fully saturated rings.